The van der Waals surface area contributed by atoms with Gasteiger partial charge in [0, 0.05) is 0 Å². The van der Waals surface area contributed by atoms with Crippen LogP contribution in [0.3, 0.4) is 0 Å². The number of hydrogen-bond donors (Lipinski definition) is 1. The third kappa shape index (κ3) is 2.98. The third-order valence-corrected chi connectivity index (χ3v) is 3.90. The van der Waals surface area contributed by atoms with E-state index in [9.17, 15) is 0 Å². The van der Waals surface area contributed by atoms with E-state index >= 15 is 0 Å². The first-order valence-corrected chi connectivity index (χ1v) is 6.63. The van der Waals surface area contributed by atoms with Gasteiger partial charge in [0.2, 0.25) is 0 Å². The molecule has 1 heteroatoms. The summed E-state index contributed by atoms with van der Waals surface area (Å²) in [4.78, 5) is 0. The van der Waals surface area contributed by atoms with Gasteiger partial charge in [-0.15, -0.1) is 0 Å². The van der Waals surface area contributed by atoms with Crippen molar-refractivity contribution in [3.63, 3.8) is 0 Å². The van der Waals surface area contributed by atoms with Crippen LogP contribution in [0, 0.1) is 19.8 Å². The van der Waals surface area contributed by atoms with Crippen molar-refractivity contribution in [3.05, 3.63) is 40.5 Å². The zero-order valence-electron chi connectivity index (χ0n) is 11.2. The Labute approximate surface area is 105 Å². The second-order valence-corrected chi connectivity index (χ2v) is 5.22. The Morgan fingerprint density at radius 2 is 1.76 bits per heavy atom. The molecule has 1 aromatic rings. The topological polar surface area (TPSA) is 12.0 Å². The van der Waals surface area contributed by atoms with Crippen LogP contribution < -0.4 is 5.32 Å². The first-order chi connectivity index (χ1) is 8.18. The second kappa shape index (κ2) is 5.50. The summed E-state index contributed by atoms with van der Waals surface area (Å²) < 4.78 is 0. The summed E-state index contributed by atoms with van der Waals surface area (Å²) in [7, 11) is 0. The SMILES string of the molecule is C/C(=C\c1c(C)cccc1C)C1CCNCC1. The van der Waals surface area contributed by atoms with Crippen LogP contribution in [0.4, 0.5) is 0 Å². The molecule has 0 aromatic heterocycles. The molecule has 1 fully saturated rings. The number of benzene rings is 1. The lowest BCUT2D eigenvalue weighted by atomic mass is 9.88. The fraction of sp³-hybridized carbons (Fsp3) is 0.500. The van der Waals surface area contributed by atoms with Gasteiger partial charge in [-0.05, 0) is 69.3 Å². The maximum absolute atomic E-state index is 3.43. The minimum Gasteiger partial charge on any atom is -0.317 e. The summed E-state index contributed by atoms with van der Waals surface area (Å²) in [6.07, 6.45) is 4.97. The Kier molecular flexibility index (Phi) is 4.01. The van der Waals surface area contributed by atoms with E-state index in [4.69, 9.17) is 0 Å². The molecule has 1 aliphatic rings. The van der Waals surface area contributed by atoms with E-state index in [1.165, 1.54) is 42.6 Å². The van der Waals surface area contributed by atoms with E-state index in [0.717, 1.165) is 5.92 Å². The molecule has 0 spiro atoms. The Hall–Kier alpha value is -1.08. The van der Waals surface area contributed by atoms with Gasteiger partial charge in [0.1, 0.15) is 0 Å². The molecule has 0 unspecified atom stereocenters. The molecule has 1 aliphatic heterocycles. The molecule has 0 saturated carbocycles. The highest BCUT2D eigenvalue weighted by Gasteiger charge is 2.14. The maximum atomic E-state index is 3.43. The van der Waals surface area contributed by atoms with Crippen LogP contribution in [0.2, 0.25) is 0 Å². The van der Waals surface area contributed by atoms with Gasteiger partial charge >= 0.3 is 0 Å². The lowest BCUT2D eigenvalue weighted by Gasteiger charge is -2.23. The van der Waals surface area contributed by atoms with E-state index in [0.29, 0.717) is 0 Å². The molecule has 92 valence electrons. The molecule has 0 aliphatic carbocycles. The van der Waals surface area contributed by atoms with Crippen molar-refractivity contribution in [3.8, 4) is 0 Å². The van der Waals surface area contributed by atoms with Crippen molar-refractivity contribution in [2.45, 2.75) is 33.6 Å². The van der Waals surface area contributed by atoms with E-state index < -0.39 is 0 Å². The fourth-order valence-electron chi connectivity index (χ4n) is 2.68. The largest absolute Gasteiger partial charge is 0.317 e. The number of allylic oxidation sites excluding steroid dienone is 1. The minimum atomic E-state index is 0.773. The summed E-state index contributed by atoms with van der Waals surface area (Å²) in [6.45, 7) is 9.04. The second-order valence-electron chi connectivity index (χ2n) is 5.22. The summed E-state index contributed by atoms with van der Waals surface area (Å²) in [6, 6.07) is 6.55. The van der Waals surface area contributed by atoms with Gasteiger partial charge in [0.15, 0.2) is 0 Å². The van der Waals surface area contributed by atoms with Gasteiger partial charge in [-0.25, -0.2) is 0 Å². The van der Waals surface area contributed by atoms with Crippen LogP contribution in [0.15, 0.2) is 23.8 Å². The molecule has 1 aromatic carbocycles. The average molecular weight is 229 g/mol. The van der Waals surface area contributed by atoms with Crippen LogP contribution in [0.5, 0.6) is 0 Å². The average Bonchev–Trinajstić information content (AvgIpc) is 2.35. The summed E-state index contributed by atoms with van der Waals surface area (Å²) in [5.41, 5.74) is 5.74. The summed E-state index contributed by atoms with van der Waals surface area (Å²) in [5.74, 6) is 0.773. The molecule has 1 saturated heterocycles. The normalized spacial score (nSPS) is 18.4. The molecular formula is C16H23N. The van der Waals surface area contributed by atoms with Gasteiger partial charge in [-0.2, -0.15) is 0 Å². The predicted molar refractivity (Wildman–Crippen MR) is 75.2 cm³/mol. The van der Waals surface area contributed by atoms with E-state index in [2.05, 4.69) is 50.4 Å². The van der Waals surface area contributed by atoms with Crippen LogP contribution in [0.25, 0.3) is 6.08 Å². The first-order valence-electron chi connectivity index (χ1n) is 6.63. The van der Waals surface area contributed by atoms with Crippen LogP contribution >= 0.6 is 0 Å². The quantitative estimate of drug-likeness (QED) is 0.815. The molecule has 0 atom stereocenters. The molecule has 0 radical (unpaired) electrons. The fourth-order valence-corrected chi connectivity index (χ4v) is 2.68. The highest BCUT2D eigenvalue weighted by Crippen LogP contribution is 2.25. The smallest absolute Gasteiger partial charge is 0.00432 e. The molecule has 17 heavy (non-hydrogen) atoms. The standard InChI is InChI=1S/C16H23N/c1-12-5-4-6-13(2)16(12)11-14(3)15-7-9-17-10-8-15/h4-6,11,15,17H,7-10H2,1-3H3/b14-11+. The monoisotopic (exact) mass is 229 g/mol. The van der Waals surface area contributed by atoms with E-state index in [1.807, 2.05) is 0 Å². The van der Waals surface area contributed by atoms with Crippen molar-refractivity contribution in [1.29, 1.82) is 0 Å². The Morgan fingerprint density at radius 3 is 2.35 bits per heavy atom. The highest BCUT2D eigenvalue weighted by molar-refractivity contribution is 5.60. The summed E-state index contributed by atoms with van der Waals surface area (Å²) >= 11 is 0. The van der Waals surface area contributed by atoms with Gasteiger partial charge in [0.05, 0.1) is 0 Å². The first kappa shape index (κ1) is 12.4. The Bertz CT molecular complexity index is 391. The molecule has 0 amide bonds. The van der Waals surface area contributed by atoms with Gasteiger partial charge in [-0.3, -0.25) is 0 Å². The molecule has 0 bridgehead atoms. The number of hydrogen-bond acceptors (Lipinski definition) is 1. The number of piperidine rings is 1. The summed E-state index contributed by atoms with van der Waals surface area (Å²) in [5, 5.41) is 3.43. The lowest BCUT2D eigenvalue weighted by molar-refractivity contribution is 0.421. The maximum Gasteiger partial charge on any atom is -0.00432 e. The number of aryl methyl sites for hydroxylation is 2. The highest BCUT2D eigenvalue weighted by atomic mass is 14.9. The van der Waals surface area contributed by atoms with Crippen LogP contribution in [-0.2, 0) is 0 Å². The Balaban J connectivity index is 2.22. The molecular weight excluding hydrogens is 206 g/mol. The minimum absolute atomic E-state index is 0.773. The third-order valence-electron chi connectivity index (χ3n) is 3.90. The molecule has 2 rings (SSSR count). The van der Waals surface area contributed by atoms with Crippen molar-refractivity contribution in [2.75, 3.05) is 13.1 Å². The molecule has 1 heterocycles. The van der Waals surface area contributed by atoms with Crippen LogP contribution in [0.1, 0.15) is 36.5 Å². The molecule has 1 N–H and O–H groups in total. The van der Waals surface area contributed by atoms with Gasteiger partial charge in [0.25, 0.3) is 0 Å². The lowest BCUT2D eigenvalue weighted by Crippen LogP contribution is -2.28. The van der Waals surface area contributed by atoms with E-state index in [1.54, 1.807) is 5.57 Å². The number of rotatable bonds is 2. The van der Waals surface area contributed by atoms with Gasteiger partial charge < -0.3 is 5.32 Å². The number of nitrogens with one attached hydrogen (secondary N) is 1. The Morgan fingerprint density at radius 1 is 1.18 bits per heavy atom. The predicted octanol–water partition coefficient (Wildman–Crippen LogP) is 3.71. The zero-order chi connectivity index (χ0) is 12.3. The van der Waals surface area contributed by atoms with Crippen molar-refractivity contribution < 1.29 is 0 Å². The van der Waals surface area contributed by atoms with Crippen LogP contribution in [-0.4, -0.2) is 13.1 Å². The van der Waals surface area contributed by atoms with Gasteiger partial charge in [-0.1, -0.05) is 29.8 Å². The van der Waals surface area contributed by atoms with Crippen molar-refractivity contribution in [2.24, 2.45) is 5.92 Å². The zero-order valence-corrected chi connectivity index (χ0v) is 11.2. The molecule has 1 nitrogen and oxygen atoms in total. The van der Waals surface area contributed by atoms with Crippen molar-refractivity contribution >= 4 is 6.08 Å². The van der Waals surface area contributed by atoms with E-state index in [-0.39, 0.29) is 0 Å². The van der Waals surface area contributed by atoms with Crippen molar-refractivity contribution in [1.82, 2.24) is 5.32 Å².